The van der Waals surface area contributed by atoms with Crippen LogP contribution >= 0.6 is 0 Å². The number of piperazine rings is 1. The van der Waals surface area contributed by atoms with E-state index in [1.165, 1.54) is 0 Å². The first-order valence-electron chi connectivity index (χ1n) is 9.50. The Labute approximate surface area is 160 Å². The van der Waals surface area contributed by atoms with E-state index in [-0.39, 0.29) is 24.4 Å². The molecule has 27 heavy (non-hydrogen) atoms. The first kappa shape index (κ1) is 19.6. The number of hydrogen-bond donors (Lipinski definition) is 1. The van der Waals surface area contributed by atoms with Crippen LogP contribution in [0.5, 0.6) is 0 Å². The number of aryl methyl sites for hydroxylation is 1. The smallest absolute Gasteiger partial charge is 0.320 e. The minimum absolute atomic E-state index is 0.0178. The lowest BCUT2D eigenvalue weighted by atomic mass is 10.1. The number of morpholine rings is 1. The molecule has 2 aliphatic heterocycles. The van der Waals surface area contributed by atoms with Gasteiger partial charge in [-0.25, -0.2) is 9.78 Å². The number of H-pyrrole nitrogens is 1. The number of amides is 3. The Balaban J connectivity index is 1.57. The van der Waals surface area contributed by atoms with Crippen LogP contribution in [0.25, 0.3) is 0 Å². The average molecular weight is 378 g/mol. The molecular weight excluding hydrogens is 348 g/mol. The molecule has 1 N–H and O–H groups in total. The van der Waals surface area contributed by atoms with Crippen molar-refractivity contribution in [3.63, 3.8) is 0 Å². The van der Waals surface area contributed by atoms with E-state index in [4.69, 9.17) is 4.74 Å². The Bertz CT molecular complexity index is 655. The summed E-state index contributed by atoms with van der Waals surface area (Å²) in [4.78, 5) is 40.6. The van der Waals surface area contributed by atoms with Crippen LogP contribution in [0.15, 0.2) is 6.20 Å². The zero-order valence-corrected chi connectivity index (χ0v) is 16.5. The lowest BCUT2D eigenvalue weighted by Crippen LogP contribution is -2.58. The van der Waals surface area contributed by atoms with Crippen molar-refractivity contribution in [2.45, 2.75) is 25.9 Å². The van der Waals surface area contributed by atoms with Gasteiger partial charge in [0.25, 0.3) is 0 Å². The van der Waals surface area contributed by atoms with Crippen molar-refractivity contribution >= 4 is 11.9 Å². The number of rotatable bonds is 4. The maximum Gasteiger partial charge on any atom is 0.320 e. The van der Waals surface area contributed by atoms with E-state index in [9.17, 15) is 9.59 Å². The molecule has 3 heterocycles. The van der Waals surface area contributed by atoms with Crippen molar-refractivity contribution in [1.29, 1.82) is 0 Å². The van der Waals surface area contributed by atoms with E-state index in [1.54, 1.807) is 18.1 Å². The van der Waals surface area contributed by atoms with E-state index in [0.29, 0.717) is 26.3 Å². The van der Waals surface area contributed by atoms with Gasteiger partial charge in [-0.3, -0.25) is 4.79 Å². The molecule has 0 radical (unpaired) electrons. The quantitative estimate of drug-likeness (QED) is 0.805. The number of aromatic nitrogens is 2. The van der Waals surface area contributed by atoms with Gasteiger partial charge in [-0.2, -0.15) is 0 Å². The lowest BCUT2D eigenvalue weighted by Gasteiger charge is -2.41. The van der Waals surface area contributed by atoms with Crippen molar-refractivity contribution < 1.29 is 14.3 Å². The monoisotopic (exact) mass is 378 g/mol. The molecular formula is C18H30N6O3. The van der Waals surface area contributed by atoms with Crippen LogP contribution in [-0.2, 0) is 16.1 Å². The molecule has 3 rings (SSSR count). The number of nitrogens with zero attached hydrogens (tertiary/aromatic N) is 5. The van der Waals surface area contributed by atoms with Crippen LogP contribution in [-0.4, -0.2) is 108 Å². The average Bonchev–Trinajstić information content (AvgIpc) is 3.07. The summed E-state index contributed by atoms with van der Waals surface area (Å²) in [5, 5.41) is 0. The Morgan fingerprint density at radius 3 is 2.70 bits per heavy atom. The number of carbonyl (C=O) groups excluding carboxylic acids is 2. The van der Waals surface area contributed by atoms with Crippen LogP contribution < -0.4 is 0 Å². The normalized spacial score (nSPS) is 21.4. The van der Waals surface area contributed by atoms with Gasteiger partial charge in [0.15, 0.2) is 0 Å². The number of aromatic amines is 1. The summed E-state index contributed by atoms with van der Waals surface area (Å²) < 4.78 is 5.56. The molecule has 2 fully saturated rings. The number of likely N-dealkylation sites (N-methyl/N-ethyl adjacent to an activating group) is 1. The summed E-state index contributed by atoms with van der Waals surface area (Å²) in [6.07, 6.45) is 2.01. The lowest BCUT2D eigenvalue weighted by molar-refractivity contribution is -0.133. The largest absolute Gasteiger partial charge is 0.377 e. The van der Waals surface area contributed by atoms with Crippen molar-refractivity contribution in [3.05, 3.63) is 17.7 Å². The summed E-state index contributed by atoms with van der Waals surface area (Å²) in [5.74, 6) is 0.740. The summed E-state index contributed by atoms with van der Waals surface area (Å²) in [7, 11) is 3.82. The fraction of sp³-hybridized carbons (Fsp3) is 0.722. The van der Waals surface area contributed by atoms with Crippen molar-refractivity contribution in [2.75, 3.05) is 60.0 Å². The number of nitrogens with one attached hydrogen (secondary N) is 1. The van der Waals surface area contributed by atoms with Crippen molar-refractivity contribution in [1.82, 2.24) is 29.6 Å². The van der Waals surface area contributed by atoms with E-state index < -0.39 is 0 Å². The van der Waals surface area contributed by atoms with E-state index in [1.807, 2.05) is 16.7 Å². The van der Waals surface area contributed by atoms with Crippen molar-refractivity contribution in [3.8, 4) is 0 Å². The molecule has 0 aromatic carbocycles. The Morgan fingerprint density at radius 2 is 2.04 bits per heavy atom. The third-order valence-electron chi connectivity index (χ3n) is 5.23. The molecule has 2 saturated heterocycles. The molecule has 0 bridgehead atoms. The second kappa shape index (κ2) is 8.71. The molecule has 0 spiro atoms. The highest BCUT2D eigenvalue weighted by Gasteiger charge is 2.33. The third kappa shape index (κ3) is 4.98. The number of ether oxygens (including phenoxy) is 1. The molecule has 2 aliphatic rings. The topological polar surface area (TPSA) is 85.0 Å². The summed E-state index contributed by atoms with van der Waals surface area (Å²) in [6, 6.07) is -0.201. The van der Waals surface area contributed by atoms with Crippen molar-refractivity contribution in [2.24, 2.45) is 0 Å². The first-order chi connectivity index (χ1) is 12.9. The molecule has 150 valence electrons. The van der Waals surface area contributed by atoms with Gasteiger partial charge in [-0.15, -0.1) is 0 Å². The van der Waals surface area contributed by atoms with Gasteiger partial charge in [0.05, 0.1) is 25.8 Å². The van der Waals surface area contributed by atoms with Gasteiger partial charge in [0.2, 0.25) is 5.91 Å². The number of hydrogen-bond acceptors (Lipinski definition) is 5. The van der Waals surface area contributed by atoms with Gasteiger partial charge in [0, 0.05) is 58.1 Å². The fourth-order valence-electron chi connectivity index (χ4n) is 3.47. The standard InChI is InChI=1S/C18H30N6O3/c1-14-11-19-16(20-14)12-22(3)17(25)10-15-13-27-9-8-24(15)18(26)23-6-4-21(2)5-7-23/h11,15H,4-10,12-13H2,1-3H3,(H,19,20)/t15-/m1/s1. The van der Waals surface area contributed by atoms with Gasteiger partial charge < -0.3 is 29.3 Å². The molecule has 0 aliphatic carbocycles. The predicted octanol–water partition coefficient (Wildman–Crippen LogP) is 0.135. The van der Waals surface area contributed by atoms with Gasteiger partial charge in [-0.05, 0) is 14.0 Å². The summed E-state index contributed by atoms with van der Waals surface area (Å²) in [6.45, 7) is 7.02. The molecule has 3 amide bonds. The van der Waals surface area contributed by atoms with Gasteiger partial charge in [-0.1, -0.05) is 0 Å². The molecule has 9 nitrogen and oxygen atoms in total. The molecule has 1 aromatic rings. The number of carbonyl (C=O) groups is 2. The third-order valence-corrected chi connectivity index (χ3v) is 5.23. The second-order valence-electron chi connectivity index (χ2n) is 7.46. The number of imidazole rings is 1. The maximum atomic E-state index is 13.0. The SMILES string of the molecule is Cc1cnc(CN(C)C(=O)C[C@@H]2COCCN2C(=O)N2CCN(C)CC2)[nH]1. The van der Waals surface area contributed by atoms with Crippen LogP contribution in [0, 0.1) is 6.92 Å². The maximum absolute atomic E-state index is 13.0. The fourth-order valence-corrected chi connectivity index (χ4v) is 3.47. The summed E-state index contributed by atoms with van der Waals surface area (Å²) in [5.41, 5.74) is 0.968. The zero-order chi connectivity index (χ0) is 19.4. The van der Waals surface area contributed by atoms with Gasteiger partial charge >= 0.3 is 6.03 Å². The molecule has 0 saturated carbocycles. The van der Waals surface area contributed by atoms with Crippen LogP contribution in [0.2, 0.25) is 0 Å². The molecule has 1 atom stereocenters. The highest BCUT2D eigenvalue weighted by Crippen LogP contribution is 2.16. The van der Waals surface area contributed by atoms with E-state index >= 15 is 0 Å². The van der Waals surface area contributed by atoms with Gasteiger partial charge in [0.1, 0.15) is 5.82 Å². The van der Waals surface area contributed by atoms with E-state index in [0.717, 1.165) is 37.7 Å². The Kier molecular flexibility index (Phi) is 6.33. The minimum atomic E-state index is -0.223. The predicted molar refractivity (Wildman–Crippen MR) is 100 cm³/mol. The number of urea groups is 1. The Morgan fingerprint density at radius 1 is 1.30 bits per heavy atom. The minimum Gasteiger partial charge on any atom is -0.377 e. The second-order valence-corrected chi connectivity index (χ2v) is 7.46. The van der Waals surface area contributed by atoms with Crippen LogP contribution in [0.3, 0.4) is 0 Å². The van der Waals surface area contributed by atoms with Crippen LogP contribution in [0.1, 0.15) is 17.9 Å². The molecule has 0 unspecified atom stereocenters. The summed E-state index contributed by atoms with van der Waals surface area (Å²) >= 11 is 0. The highest BCUT2D eigenvalue weighted by molar-refractivity contribution is 5.79. The zero-order valence-electron chi connectivity index (χ0n) is 16.5. The molecule has 9 heteroatoms. The first-order valence-corrected chi connectivity index (χ1v) is 9.50. The van der Waals surface area contributed by atoms with E-state index in [2.05, 4.69) is 21.9 Å². The van der Waals surface area contributed by atoms with Crippen LogP contribution in [0.4, 0.5) is 4.79 Å². The molecule has 1 aromatic heterocycles. The Hall–Kier alpha value is -2.13. The highest BCUT2D eigenvalue weighted by atomic mass is 16.5.